The van der Waals surface area contributed by atoms with Crippen molar-refractivity contribution in [2.45, 2.75) is 19.0 Å². The van der Waals surface area contributed by atoms with E-state index in [1.54, 1.807) is 41.9 Å². The van der Waals surface area contributed by atoms with Gasteiger partial charge in [0.05, 0.1) is 17.3 Å². The molecule has 1 aliphatic rings. The van der Waals surface area contributed by atoms with E-state index in [0.717, 1.165) is 26.2 Å². The Kier molecular flexibility index (Phi) is 6.40. The molecule has 0 unspecified atom stereocenters. The monoisotopic (exact) mass is 424 g/mol. The molecule has 1 saturated heterocycles. The van der Waals surface area contributed by atoms with Gasteiger partial charge >= 0.3 is 0 Å². The summed E-state index contributed by atoms with van der Waals surface area (Å²) in [4.78, 5) is 22.4. The highest BCUT2D eigenvalue weighted by atomic mass is 32.1. The third-order valence-electron chi connectivity index (χ3n) is 5.49. The number of para-hydroxylation sites is 1. The van der Waals surface area contributed by atoms with Gasteiger partial charge in [-0.05, 0) is 42.6 Å². The van der Waals surface area contributed by atoms with Crippen LogP contribution in [0.25, 0.3) is 0 Å². The van der Waals surface area contributed by atoms with Crippen molar-refractivity contribution in [3.63, 3.8) is 0 Å². The minimum Gasteiger partial charge on any atom is -0.367 e. The van der Waals surface area contributed by atoms with Crippen molar-refractivity contribution < 1.29 is 9.18 Å². The predicted octanol–water partition coefficient (Wildman–Crippen LogP) is 3.96. The maximum atomic E-state index is 14.2. The van der Waals surface area contributed by atoms with Crippen molar-refractivity contribution in [3.8, 4) is 0 Å². The zero-order chi connectivity index (χ0) is 20.9. The van der Waals surface area contributed by atoms with Gasteiger partial charge in [-0.1, -0.05) is 18.2 Å². The summed E-state index contributed by atoms with van der Waals surface area (Å²) in [5.41, 5.74) is 1.21. The largest absolute Gasteiger partial charge is 0.367 e. The lowest BCUT2D eigenvalue weighted by Crippen LogP contribution is -2.52. The molecule has 3 heterocycles. The summed E-state index contributed by atoms with van der Waals surface area (Å²) in [5, 5.41) is 5.21. The van der Waals surface area contributed by atoms with E-state index in [-0.39, 0.29) is 23.8 Å². The fraction of sp³-hybridized carbons (Fsp3) is 0.304. The van der Waals surface area contributed by atoms with Crippen molar-refractivity contribution in [2.24, 2.45) is 0 Å². The number of nitrogens with zero attached hydrogens (tertiary/aromatic N) is 3. The molecule has 0 bridgehead atoms. The van der Waals surface area contributed by atoms with E-state index < -0.39 is 0 Å². The van der Waals surface area contributed by atoms with Crippen molar-refractivity contribution in [3.05, 3.63) is 82.6 Å². The van der Waals surface area contributed by atoms with Crippen molar-refractivity contribution >= 4 is 22.9 Å². The first-order valence-electron chi connectivity index (χ1n) is 10.1. The van der Waals surface area contributed by atoms with Gasteiger partial charge in [0.1, 0.15) is 5.82 Å². The van der Waals surface area contributed by atoms with Crippen LogP contribution in [0.5, 0.6) is 0 Å². The molecular weight excluding hydrogens is 399 g/mol. The molecule has 2 atom stereocenters. The van der Waals surface area contributed by atoms with E-state index in [4.69, 9.17) is 0 Å². The standard InChI is InChI=1S/C23H25FN4OS/c1-17(26-23(29)18-6-4-10-25-16-18)22(21-9-5-15-30-21)28-13-11-27(12-14-28)20-8-3-2-7-19(20)24/h2-10,15-17,22H,11-14H2,1H3,(H,26,29)/t17-,22+/m0/s1. The second-order valence-electron chi connectivity index (χ2n) is 7.44. The topological polar surface area (TPSA) is 48.5 Å². The van der Waals surface area contributed by atoms with Gasteiger partial charge in [0.25, 0.3) is 5.91 Å². The molecule has 156 valence electrons. The zero-order valence-electron chi connectivity index (χ0n) is 16.9. The number of hydrogen-bond acceptors (Lipinski definition) is 5. The Hall–Kier alpha value is -2.77. The number of anilines is 1. The number of piperazine rings is 1. The molecule has 0 saturated carbocycles. The van der Waals surface area contributed by atoms with Crippen molar-refractivity contribution in [1.82, 2.24) is 15.2 Å². The van der Waals surface area contributed by atoms with E-state index in [0.29, 0.717) is 11.3 Å². The number of hydrogen-bond donors (Lipinski definition) is 1. The summed E-state index contributed by atoms with van der Waals surface area (Å²) >= 11 is 1.70. The number of nitrogens with one attached hydrogen (secondary N) is 1. The van der Waals surface area contributed by atoms with Gasteiger partial charge in [-0.2, -0.15) is 0 Å². The molecule has 1 fully saturated rings. The average Bonchev–Trinajstić information content (AvgIpc) is 3.30. The van der Waals surface area contributed by atoms with Crippen LogP contribution in [0.1, 0.15) is 28.2 Å². The Morgan fingerprint density at radius 3 is 2.57 bits per heavy atom. The lowest BCUT2D eigenvalue weighted by atomic mass is 10.0. The number of carbonyl (C=O) groups is 1. The summed E-state index contributed by atoms with van der Waals surface area (Å²) in [6, 6.07) is 14.6. The summed E-state index contributed by atoms with van der Waals surface area (Å²) in [5.74, 6) is -0.306. The number of carbonyl (C=O) groups excluding carboxylic acids is 1. The Morgan fingerprint density at radius 2 is 1.90 bits per heavy atom. The van der Waals surface area contributed by atoms with Gasteiger partial charge in [-0.3, -0.25) is 14.7 Å². The van der Waals surface area contributed by atoms with Gasteiger partial charge in [0, 0.05) is 49.5 Å². The fourth-order valence-corrected chi connectivity index (χ4v) is 4.98. The molecule has 7 heteroatoms. The normalized spacial score (nSPS) is 16.8. The van der Waals surface area contributed by atoms with Crippen LogP contribution in [-0.4, -0.2) is 48.0 Å². The molecule has 1 N–H and O–H groups in total. The zero-order valence-corrected chi connectivity index (χ0v) is 17.7. The molecule has 2 aromatic heterocycles. The van der Waals surface area contributed by atoms with E-state index >= 15 is 0 Å². The molecule has 3 aromatic rings. The Morgan fingerprint density at radius 1 is 1.10 bits per heavy atom. The van der Waals surface area contributed by atoms with Crippen LogP contribution in [0.2, 0.25) is 0 Å². The summed E-state index contributed by atoms with van der Waals surface area (Å²) in [6.45, 7) is 5.12. The molecule has 1 amide bonds. The summed E-state index contributed by atoms with van der Waals surface area (Å²) in [7, 11) is 0. The van der Waals surface area contributed by atoms with E-state index in [1.807, 2.05) is 25.1 Å². The summed E-state index contributed by atoms with van der Waals surface area (Å²) in [6.07, 6.45) is 3.24. The number of benzene rings is 1. The van der Waals surface area contributed by atoms with Gasteiger partial charge in [-0.25, -0.2) is 4.39 Å². The molecule has 1 aliphatic heterocycles. The van der Waals surface area contributed by atoms with Gasteiger partial charge in [-0.15, -0.1) is 11.3 Å². The molecular formula is C23H25FN4OS. The van der Waals surface area contributed by atoms with E-state index in [1.165, 1.54) is 10.9 Å². The second kappa shape index (κ2) is 9.36. The number of rotatable bonds is 6. The van der Waals surface area contributed by atoms with Crippen LogP contribution < -0.4 is 10.2 Å². The van der Waals surface area contributed by atoms with Crippen molar-refractivity contribution in [2.75, 3.05) is 31.1 Å². The first-order chi connectivity index (χ1) is 14.6. The van der Waals surface area contributed by atoms with Gasteiger partial charge < -0.3 is 10.2 Å². The first-order valence-corrected chi connectivity index (χ1v) is 11.0. The first kappa shape index (κ1) is 20.5. The average molecular weight is 425 g/mol. The Bertz CT molecular complexity index is 958. The molecule has 0 radical (unpaired) electrons. The van der Waals surface area contributed by atoms with Crippen LogP contribution in [-0.2, 0) is 0 Å². The Balaban J connectivity index is 1.47. The lowest BCUT2D eigenvalue weighted by Gasteiger charge is -2.42. The third kappa shape index (κ3) is 4.52. The number of thiophene rings is 1. The number of pyridine rings is 1. The minimum absolute atomic E-state index is 0.0633. The molecule has 0 spiro atoms. The highest BCUT2D eigenvalue weighted by molar-refractivity contribution is 7.10. The van der Waals surface area contributed by atoms with E-state index in [9.17, 15) is 9.18 Å². The maximum Gasteiger partial charge on any atom is 0.253 e. The molecule has 5 nitrogen and oxygen atoms in total. The minimum atomic E-state index is -0.183. The second-order valence-corrected chi connectivity index (χ2v) is 8.42. The van der Waals surface area contributed by atoms with E-state index in [2.05, 4.69) is 31.5 Å². The van der Waals surface area contributed by atoms with Crippen LogP contribution in [0.15, 0.2) is 66.3 Å². The van der Waals surface area contributed by atoms with Crippen molar-refractivity contribution in [1.29, 1.82) is 0 Å². The fourth-order valence-electron chi connectivity index (χ4n) is 4.02. The number of amides is 1. The summed E-state index contributed by atoms with van der Waals surface area (Å²) < 4.78 is 14.2. The molecule has 30 heavy (non-hydrogen) atoms. The van der Waals surface area contributed by atoms with Gasteiger partial charge in [0.2, 0.25) is 0 Å². The third-order valence-corrected chi connectivity index (χ3v) is 6.43. The Labute approximate surface area is 180 Å². The SMILES string of the molecule is C[C@H](NC(=O)c1cccnc1)[C@H](c1cccs1)N1CCN(c2ccccc2F)CC1. The number of halogens is 1. The highest BCUT2D eigenvalue weighted by Gasteiger charge is 2.31. The van der Waals surface area contributed by atoms with Crippen LogP contribution >= 0.6 is 11.3 Å². The molecule has 0 aliphatic carbocycles. The van der Waals surface area contributed by atoms with Gasteiger partial charge in [0.15, 0.2) is 0 Å². The smallest absolute Gasteiger partial charge is 0.253 e. The predicted molar refractivity (Wildman–Crippen MR) is 118 cm³/mol. The number of aromatic nitrogens is 1. The quantitative estimate of drug-likeness (QED) is 0.651. The molecule has 1 aromatic carbocycles. The van der Waals surface area contributed by atoms with Crippen LogP contribution in [0.4, 0.5) is 10.1 Å². The molecule has 4 rings (SSSR count). The van der Waals surface area contributed by atoms with Crippen LogP contribution in [0.3, 0.4) is 0 Å². The highest BCUT2D eigenvalue weighted by Crippen LogP contribution is 2.30. The maximum absolute atomic E-state index is 14.2. The van der Waals surface area contributed by atoms with Crippen LogP contribution in [0, 0.1) is 5.82 Å². The lowest BCUT2D eigenvalue weighted by molar-refractivity contribution is 0.0890.